The van der Waals surface area contributed by atoms with Gasteiger partial charge < -0.3 is 40.2 Å². The van der Waals surface area contributed by atoms with Crippen LogP contribution in [-0.4, -0.2) is 79.0 Å². The fourth-order valence-corrected chi connectivity index (χ4v) is 3.70. The van der Waals surface area contributed by atoms with Crippen LogP contribution in [-0.2, 0) is 20.7 Å². The monoisotopic (exact) mass is 422 g/mol. The molecule has 2 heterocycles. The Labute approximate surface area is 172 Å². The number of benzene rings is 1. The average molecular weight is 422 g/mol. The quantitative estimate of drug-likeness (QED) is 0.336. The summed E-state index contributed by atoms with van der Waals surface area (Å²) in [6.45, 7) is 1.10. The molecule has 10 heteroatoms. The van der Waals surface area contributed by atoms with Gasteiger partial charge in [-0.15, -0.1) is 0 Å². The van der Waals surface area contributed by atoms with Gasteiger partial charge in [0, 0.05) is 11.6 Å². The van der Waals surface area contributed by atoms with E-state index in [0.29, 0.717) is 16.5 Å². The number of fused-ring (bicyclic) bond motifs is 1. The van der Waals surface area contributed by atoms with Gasteiger partial charge in [0.15, 0.2) is 6.23 Å². The molecule has 1 aromatic carbocycles. The van der Waals surface area contributed by atoms with Crippen LogP contribution in [0.15, 0.2) is 30.5 Å². The second-order valence-electron chi connectivity index (χ2n) is 7.34. The van der Waals surface area contributed by atoms with Gasteiger partial charge in [0.2, 0.25) is 5.91 Å². The number of hydrogen-bond acceptors (Lipinski definition) is 7. The molecule has 0 bridgehead atoms. The zero-order chi connectivity index (χ0) is 22.0. The first kappa shape index (κ1) is 22.2. The van der Waals surface area contributed by atoms with E-state index in [2.05, 4.69) is 5.32 Å². The van der Waals surface area contributed by atoms with Gasteiger partial charge in [-0.3, -0.25) is 4.79 Å². The first-order valence-electron chi connectivity index (χ1n) is 9.69. The van der Waals surface area contributed by atoms with Crippen molar-refractivity contribution < 1.29 is 39.9 Å². The van der Waals surface area contributed by atoms with Gasteiger partial charge in [0.05, 0.1) is 18.5 Å². The van der Waals surface area contributed by atoms with Crippen molar-refractivity contribution in [2.24, 2.45) is 0 Å². The maximum Gasteiger partial charge on any atom is 0.326 e. The molecule has 1 aliphatic rings. The van der Waals surface area contributed by atoms with Crippen molar-refractivity contribution in [2.45, 2.75) is 56.5 Å². The highest BCUT2D eigenvalue weighted by Crippen LogP contribution is 2.33. The summed E-state index contributed by atoms with van der Waals surface area (Å²) in [4.78, 5) is 23.6. The maximum absolute atomic E-state index is 12.4. The standard InChI is InChI=1S/C20H26N2O8/c1-2-12(20(28)29)21-15(24)7-10-8-22(13-6-4-3-5-11(10)13)19-18(27)17(26)16(25)14(9-23)30-19/h3-6,8,12,14,16-19,23,25-27H,2,7,9H2,1H3,(H,21,24)(H,28,29)/t12-,14-,16-,17+,18-,19-/m1/s1. The van der Waals surface area contributed by atoms with Gasteiger partial charge >= 0.3 is 5.97 Å². The molecule has 164 valence electrons. The highest BCUT2D eigenvalue weighted by atomic mass is 16.6. The van der Waals surface area contributed by atoms with Gasteiger partial charge in [-0.2, -0.15) is 0 Å². The smallest absolute Gasteiger partial charge is 0.326 e. The largest absolute Gasteiger partial charge is 0.480 e. The van der Waals surface area contributed by atoms with Gasteiger partial charge in [0.1, 0.15) is 30.5 Å². The molecule has 30 heavy (non-hydrogen) atoms. The summed E-state index contributed by atoms with van der Waals surface area (Å²) in [6.07, 6.45) is -4.94. The molecule has 1 aliphatic heterocycles. The molecular weight excluding hydrogens is 396 g/mol. The number of hydrogen-bond donors (Lipinski definition) is 6. The zero-order valence-electron chi connectivity index (χ0n) is 16.4. The van der Waals surface area contributed by atoms with Crippen molar-refractivity contribution in [3.8, 4) is 0 Å². The summed E-state index contributed by atoms with van der Waals surface area (Å²) in [5, 5.41) is 52.3. The second-order valence-corrected chi connectivity index (χ2v) is 7.34. The van der Waals surface area contributed by atoms with Crippen molar-refractivity contribution in [2.75, 3.05) is 6.61 Å². The third kappa shape index (κ3) is 4.18. The number of aromatic nitrogens is 1. The van der Waals surface area contributed by atoms with E-state index in [1.807, 2.05) is 0 Å². The molecule has 2 aromatic rings. The van der Waals surface area contributed by atoms with E-state index in [9.17, 15) is 30.0 Å². The minimum absolute atomic E-state index is 0.102. The third-order valence-electron chi connectivity index (χ3n) is 5.36. The molecule has 1 fully saturated rings. The Morgan fingerprint density at radius 2 is 1.87 bits per heavy atom. The van der Waals surface area contributed by atoms with Crippen LogP contribution < -0.4 is 5.32 Å². The Morgan fingerprint density at radius 1 is 1.17 bits per heavy atom. The average Bonchev–Trinajstić information content (AvgIpc) is 3.08. The lowest BCUT2D eigenvalue weighted by atomic mass is 9.98. The Bertz CT molecular complexity index is 911. The summed E-state index contributed by atoms with van der Waals surface area (Å²) in [7, 11) is 0. The number of aliphatic carboxylic acids is 1. The summed E-state index contributed by atoms with van der Waals surface area (Å²) in [5.41, 5.74) is 1.18. The maximum atomic E-state index is 12.4. The van der Waals surface area contributed by atoms with Crippen LogP contribution in [0.3, 0.4) is 0 Å². The van der Waals surface area contributed by atoms with E-state index < -0.39 is 55.2 Å². The van der Waals surface area contributed by atoms with Crippen LogP contribution in [0.5, 0.6) is 0 Å². The minimum atomic E-state index is -1.53. The summed E-state index contributed by atoms with van der Waals surface area (Å²) in [6, 6.07) is 6.05. The van der Waals surface area contributed by atoms with Crippen molar-refractivity contribution in [3.63, 3.8) is 0 Å². The van der Waals surface area contributed by atoms with Gasteiger partial charge in [-0.1, -0.05) is 25.1 Å². The van der Waals surface area contributed by atoms with Crippen LogP contribution in [0.4, 0.5) is 0 Å². The number of nitrogens with one attached hydrogen (secondary N) is 1. The molecule has 0 radical (unpaired) electrons. The van der Waals surface area contributed by atoms with E-state index in [1.165, 1.54) is 4.57 Å². The minimum Gasteiger partial charge on any atom is -0.480 e. The first-order valence-corrected chi connectivity index (χ1v) is 9.69. The lowest BCUT2D eigenvalue weighted by Gasteiger charge is -2.40. The van der Waals surface area contributed by atoms with Crippen molar-refractivity contribution in [3.05, 3.63) is 36.0 Å². The van der Waals surface area contributed by atoms with Crippen molar-refractivity contribution in [1.29, 1.82) is 0 Å². The topological polar surface area (TPSA) is 161 Å². The lowest BCUT2D eigenvalue weighted by molar-refractivity contribution is -0.250. The van der Waals surface area contributed by atoms with Gasteiger partial charge in [-0.25, -0.2) is 4.79 Å². The Hall–Kier alpha value is -2.50. The van der Waals surface area contributed by atoms with Crippen LogP contribution in [0.25, 0.3) is 10.9 Å². The van der Waals surface area contributed by atoms with Gasteiger partial charge in [0.25, 0.3) is 0 Å². The van der Waals surface area contributed by atoms with Crippen molar-refractivity contribution >= 4 is 22.8 Å². The van der Waals surface area contributed by atoms with Gasteiger partial charge in [-0.05, 0) is 18.1 Å². The third-order valence-corrected chi connectivity index (χ3v) is 5.36. The molecule has 3 rings (SSSR count). The van der Waals surface area contributed by atoms with Crippen LogP contribution in [0, 0.1) is 0 Å². The molecule has 10 nitrogen and oxygen atoms in total. The molecule has 6 N–H and O–H groups in total. The fraction of sp³-hybridized carbons (Fsp3) is 0.500. The molecule has 0 aliphatic carbocycles. The van der Waals surface area contributed by atoms with E-state index in [0.717, 1.165) is 0 Å². The van der Waals surface area contributed by atoms with E-state index >= 15 is 0 Å². The molecule has 1 amide bonds. The summed E-state index contributed by atoms with van der Waals surface area (Å²) >= 11 is 0. The number of rotatable bonds is 7. The number of nitrogens with zero attached hydrogens (tertiary/aromatic N) is 1. The number of carbonyl (C=O) groups is 2. The summed E-state index contributed by atoms with van der Waals surface area (Å²) in [5.74, 6) is -1.59. The number of amides is 1. The highest BCUT2D eigenvalue weighted by molar-refractivity contribution is 5.91. The predicted molar refractivity (Wildman–Crippen MR) is 105 cm³/mol. The highest BCUT2D eigenvalue weighted by Gasteiger charge is 2.44. The number of para-hydroxylation sites is 1. The summed E-state index contributed by atoms with van der Waals surface area (Å²) < 4.78 is 7.17. The molecule has 1 saturated heterocycles. The second kappa shape index (κ2) is 9.11. The molecule has 6 atom stereocenters. The SMILES string of the molecule is CC[C@@H](NC(=O)Cc1cn([C@@H]2O[C@H](CO)[C@@H](O)[C@H](O)[C@H]2O)c2ccccc12)C(=O)O. The van der Waals surface area contributed by atoms with Crippen LogP contribution >= 0.6 is 0 Å². The molecule has 1 aromatic heterocycles. The molecule has 0 unspecified atom stereocenters. The Balaban J connectivity index is 1.92. The molecular formula is C20H26N2O8. The van der Waals surface area contributed by atoms with E-state index in [4.69, 9.17) is 9.84 Å². The Kier molecular flexibility index (Phi) is 6.74. The fourth-order valence-electron chi connectivity index (χ4n) is 3.70. The molecule has 0 saturated carbocycles. The number of carbonyl (C=O) groups excluding carboxylic acids is 1. The Morgan fingerprint density at radius 3 is 2.50 bits per heavy atom. The first-order chi connectivity index (χ1) is 14.3. The number of aliphatic hydroxyl groups is 4. The van der Waals surface area contributed by atoms with Crippen molar-refractivity contribution in [1.82, 2.24) is 9.88 Å². The van der Waals surface area contributed by atoms with Crippen LogP contribution in [0.2, 0.25) is 0 Å². The zero-order valence-corrected chi connectivity index (χ0v) is 16.4. The predicted octanol–water partition coefficient (Wildman–Crippen LogP) is -0.864. The number of carboxylic acids is 1. The number of aliphatic hydroxyl groups excluding tert-OH is 4. The van der Waals surface area contributed by atoms with Crippen LogP contribution in [0.1, 0.15) is 25.1 Å². The van der Waals surface area contributed by atoms with E-state index in [-0.39, 0.29) is 12.8 Å². The normalized spacial score (nSPS) is 27.7. The lowest BCUT2D eigenvalue weighted by Crippen LogP contribution is -2.56. The van der Waals surface area contributed by atoms with E-state index in [1.54, 1.807) is 37.4 Å². The number of ether oxygens (including phenoxy) is 1. The number of carboxylic acid groups (broad SMARTS) is 1. The molecule has 0 spiro atoms.